The lowest BCUT2D eigenvalue weighted by atomic mass is 9.96. The number of amides is 1. The molecule has 8 heteroatoms. The Hall–Kier alpha value is -1.83. The van der Waals surface area contributed by atoms with Crippen molar-refractivity contribution in [3.05, 3.63) is 23.9 Å². The molecule has 3 rings (SSSR count). The molecule has 2 fully saturated rings. The number of pyridine rings is 1. The number of hydrogen-bond acceptors (Lipinski definition) is 4. The van der Waals surface area contributed by atoms with Crippen LogP contribution in [-0.2, 0) is 15.7 Å². The maximum Gasteiger partial charge on any atom is 0.416 e. The highest BCUT2D eigenvalue weighted by atomic mass is 19.4. The predicted octanol–water partition coefficient (Wildman–Crippen LogP) is 2.18. The number of ether oxygens (including phenoxy) is 1. The molecule has 1 aromatic rings. The van der Waals surface area contributed by atoms with Gasteiger partial charge in [-0.25, -0.2) is 4.98 Å². The van der Waals surface area contributed by atoms with Gasteiger partial charge in [0.05, 0.1) is 24.7 Å². The average molecular weight is 343 g/mol. The summed E-state index contributed by atoms with van der Waals surface area (Å²) in [7, 11) is 0. The van der Waals surface area contributed by atoms with Crippen LogP contribution in [0.3, 0.4) is 0 Å². The average Bonchev–Trinajstić information content (AvgIpc) is 2.61. The van der Waals surface area contributed by atoms with Gasteiger partial charge in [0.1, 0.15) is 5.82 Å². The van der Waals surface area contributed by atoms with Crippen LogP contribution < -0.4 is 4.90 Å². The Balaban J connectivity index is 1.70. The molecule has 2 saturated heterocycles. The molecule has 5 nitrogen and oxygen atoms in total. The molecule has 0 aromatic carbocycles. The summed E-state index contributed by atoms with van der Waals surface area (Å²) < 4.78 is 43.8. The SMILES string of the molecule is O=C(C1CCCN(c2cc(C(F)(F)F)ccn2)C1)N1CCOCC1. The summed E-state index contributed by atoms with van der Waals surface area (Å²) in [5, 5.41) is 0. The minimum atomic E-state index is -4.39. The number of halogens is 3. The van der Waals surface area contributed by atoms with Crippen LogP contribution in [0.15, 0.2) is 18.3 Å². The zero-order valence-corrected chi connectivity index (χ0v) is 13.3. The zero-order chi connectivity index (χ0) is 17.2. The van der Waals surface area contributed by atoms with Crippen molar-refractivity contribution >= 4 is 11.7 Å². The van der Waals surface area contributed by atoms with Crippen LogP contribution in [0, 0.1) is 5.92 Å². The third-order valence-corrected chi connectivity index (χ3v) is 4.49. The van der Waals surface area contributed by atoms with Crippen molar-refractivity contribution < 1.29 is 22.7 Å². The van der Waals surface area contributed by atoms with Gasteiger partial charge in [-0.15, -0.1) is 0 Å². The van der Waals surface area contributed by atoms with Crippen molar-refractivity contribution in [3.63, 3.8) is 0 Å². The minimum absolute atomic E-state index is 0.0648. The second-order valence-corrected chi connectivity index (χ2v) is 6.12. The second-order valence-electron chi connectivity index (χ2n) is 6.12. The van der Waals surface area contributed by atoms with Crippen molar-refractivity contribution in [1.82, 2.24) is 9.88 Å². The Morgan fingerprint density at radius 2 is 2.00 bits per heavy atom. The predicted molar refractivity (Wildman–Crippen MR) is 81.6 cm³/mol. The van der Waals surface area contributed by atoms with E-state index in [0.29, 0.717) is 39.4 Å². The van der Waals surface area contributed by atoms with Gasteiger partial charge < -0.3 is 14.5 Å². The van der Waals surface area contributed by atoms with Crippen LogP contribution in [0.1, 0.15) is 18.4 Å². The fourth-order valence-electron chi connectivity index (χ4n) is 3.20. The lowest BCUT2D eigenvalue weighted by molar-refractivity contribution is -0.140. The number of hydrogen-bond donors (Lipinski definition) is 0. The third-order valence-electron chi connectivity index (χ3n) is 4.49. The Labute approximate surface area is 138 Å². The van der Waals surface area contributed by atoms with Crippen LogP contribution >= 0.6 is 0 Å². The number of carbonyl (C=O) groups excluding carboxylic acids is 1. The first-order chi connectivity index (χ1) is 11.4. The number of rotatable bonds is 2. The summed E-state index contributed by atoms with van der Waals surface area (Å²) in [5.74, 6) is 0.146. The first-order valence-corrected chi connectivity index (χ1v) is 8.10. The second kappa shape index (κ2) is 6.96. The molecule has 0 saturated carbocycles. The summed E-state index contributed by atoms with van der Waals surface area (Å²) in [6.45, 7) is 3.26. The monoisotopic (exact) mass is 343 g/mol. The van der Waals surface area contributed by atoms with Crippen molar-refractivity contribution in [1.29, 1.82) is 0 Å². The molecule has 0 N–H and O–H groups in total. The molecule has 0 bridgehead atoms. The third kappa shape index (κ3) is 3.80. The lowest BCUT2D eigenvalue weighted by Crippen LogP contribution is -2.48. The number of morpholine rings is 1. The molecule has 1 unspecified atom stereocenters. The van der Waals surface area contributed by atoms with E-state index in [1.54, 1.807) is 9.80 Å². The summed E-state index contributed by atoms with van der Waals surface area (Å²) in [4.78, 5) is 20.2. The Morgan fingerprint density at radius 1 is 1.25 bits per heavy atom. The van der Waals surface area contributed by atoms with Crippen molar-refractivity contribution in [3.8, 4) is 0 Å². The molecular weight excluding hydrogens is 323 g/mol. The maximum absolute atomic E-state index is 12.9. The highest BCUT2D eigenvalue weighted by molar-refractivity contribution is 5.79. The van der Waals surface area contributed by atoms with Crippen LogP contribution in [0.5, 0.6) is 0 Å². The van der Waals surface area contributed by atoms with Gasteiger partial charge in [0.25, 0.3) is 0 Å². The van der Waals surface area contributed by atoms with Crippen molar-refractivity contribution in [2.45, 2.75) is 19.0 Å². The first-order valence-electron chi connectivity index (χ1n) is 8.10. The molecule has 0 aliphatic carbocycles. The van der Waals surface area contributed by atoms with E-state index in [0.717, 1.165) is 25.0 Å². The molecule has 2 aliphatic heterocycles. The number of nitrogens with zero attached hydrogens (tertiary/aromatic N) is 3. The zero-order valence-electron chi connectivity index (χ0n) is 13.3. The summed E-state index contributed by atoms with van der Waals surface area (Å²) in [6, 6.07) is 2.02. The van der Waals surface area contributed by atoms with E-state index in [1.807, 2.05) is 0 Å². The van der Waals surface area contributed by atoms with Crippen LogP contribution in [-0.4, -0.2) is 55.2 Å². The fraction of sp³-hybridized carbons (Fsp3) is 0.625. The van der Waals surface area contributed by atoms with Gasteiger partial charge in [0.15, 0.2) is 0 Å². The van der Waals surface area contributed by atoms with Gasteiger partial charge in [-0.05, 0) is 25.0 Å². The van der Waals surface area contributed by atoms with E-state index in [9.17, 15) is 18.0 Å². The quantitative estimate of drug-likeness (QED) is 0.826. The molecule has 3 heterocycles. The highest BCUT2D eigenvalue weighted by Crippen LogP contribution is 2.32. The van der Waals surface area contributed by atoms with E-state index in [2.05, 4.69) is 4.98 Å². The Bertz CT molecular complexity index is 588. The molecule has 1 atom stereocenters. The molecule has 0 spiro atoms. The van der Waals surface area contributed by atoms with E-state index >= 15 is 0 Å². The standard InChI is InChI=1S/C16H20F3N3O2/c17-16(18,19)13-3-4-20-14(10-13)22-5-1-2-12(11-22)15(23)21-6-8-24-9-7-21/h3-4,10,12H,1-2,5-9,11H2. The molecule has 1 amide bonds. The van der Waals surface area contributed by atoms with Gasteiger partial charge in [-0.1, -0.05) is 0 Å². The molecule has 0 radical (unpaired) electrons. The molecule has 1 aromatic heterocycles. The summed E-state index contributed by atoms with van der Waals surface area (Å²) in [5.41, 5.74) is -0.714. The molecule has 2 aliphatic rings. The fourth-order valence-corrected chi connectivity index (χ4v) is 3.20. The minimum Gasteiger partial charge on any atom is -0.378 e. The van der Waals surface area contributed by atoms with Gasteiger partial charge >= 0.3 is 6.18 Å². The highest BCUT2D eigenvalue weighted by Gasteiger charge is 2.33. The van der Waals surface area contributed by atoms with Crippen LogP contribution in [0.2, 0.25) is 0 Å². The topological polar surface area (TPSA) is 45.7 Å². The molecule has 132 valence electrons. The number of aromatic nitrogens is 1. The molecular formula is C16H20F3N3O2. The summed E-state index contributed by atoms with van der Waals surface area (Å²) in [6.07, 6.45) is -1.70. The summed E-state index contributed by atoms with van der Waals surface area (Å²) >= 11 is 0. The van der Waals surface area contributed by atoms with Crippen molar-refractivity contribution in [2.24, 2.45) is 5.92 Å². The number of carbonyl (C=O) groups is 1. The van der Waals surface area contributed by atoms with Gasteiger partial charge in [0.2, 0.25) is 5.91 Å². The Kier molecular flexibility index (Phi) is 4.93. The van der Waals surface area contributed by atoms with E-state index in [-0.39, 0.29) is 17.6 Å². The van der Waals surface area contributed by atoms with E-state index in [1.165, 1.54) is 6.20 Å². The lowest BCUT2D eigenvalue weighted by Gasteiger charge is -2.36. The van der Waals surface area contributed by atoms with E-state index < -0.39 is 11.7 Å². The van der Waals surface area contributed by atoms with Crippen LogP contribution in [0.4, 0.5) is 19.0 Å². The van der Waals surface area contributed by atoms with Gasteiger partial charge in [0, 0.05) is 32.4 Å². The number of alkyl halides is 3. The van der Waals surface area contributed by atoms with Crippen LogP contribution in [0.25, 0.3) is 0 Å². The van der Waals surface area contributed by atoms with Gasteiger partial charge in [-0.3, -0.25) is 4.79 Å². The first kappa shape index (κ1) is 17.0. The largest absolute Gasteiger partial charge is 0.416 e. The maximum atomic E-state index is 12.9. The molecule has 24 heavy (non-hydrogen) atoms. The van der Waals surface area contributed by atoms with Gasteiger partial charge in [-0.2, -0.15) is 13.2 Å². The Morgan fingerprint density at radius 3 is 2.71 bits per heavy atom. The van der Waals surface area contributed by atoms with Crippen molar-refractivity contribution in [2.75, 3.05) is 44.3 Å². The smallest absolute Gasteiger partial charge is 0.378 e. The van der Waals surface area contributed by atoms with E-state index in [4.69, 9.17) is 4.74 Å². The normalized spacial score (nSPS) is 22.5. The number of anilines is 1. The number of piperidine rings is 1.